The van der Waals surface area contributed by atoms with Crippen molar-refractivity contribution in [3.63, 3.8) is 0 Å². The third-order valence-corrected chi connectivity index (χ3v) is 13.1. The molecule has 2 atom stereocenters. The third-order valence-electron chi connectivity index (χ3n) is 13.1. The van der Waals surface area contributed by atoms with Gasteiger partial charge in [0.15, 0.2) is 22.9 Å². The maximum Gasteiger partial charge on any atom is 0.274 e. The topological polar surface area (TPSA) is 172 Å². The molecule has 4 amide bonds. The average molecular weight is 961 g/mol. The molecule has 6 heterocycles. The number of pyridine rings is 2. The molecule has 0 saturated carbocycles. The van der Waals surface area contributed by atoms with Crippen molar-refractivity contribution in [3.8, 4) is 11.5 Å². The summed E-state index contributed by atoms with van der Waals surface area (Å²) in [6.45, 7) is 4.42. The Labute approximate surface area is 390 Å². The third kappa shape index (κ3) is 9.31. The van der Waals surface area contributed by atoms with Crippen LogP contribution in [0.3, 0.4) is 0 Å². The number of nitrogens with zero attached hydrogens (tertiary/aromatic N) is 4. The zero-order valence-electron chi connectivity index (χ0n) is 37.4. The number of ether oxygens (including phenoxy) is 1. The first-order chi connectivity index (χ1) is 32.8. The molecule has 0 radical (unpaired) electrons. The molecule has 4 aliphatic rings. The zero-order chi connectivity index (χ0) is 49.5. The molecule has 69 heavy (non-hydrogen) atoms. The summed E-state index contributed by atoms with van der Waals surface area (Å²) >= 11 is 0. The van der Waals surface area contributed by atoms with Crippen LogP contribution < -0.4 is 26.2 Å². The van der Waals surface area contributed by atoms with E-state index in [9.17, 15) is 60.2 Å². The van der Waals surface area contributed by atoms with Crippen molar-refractivity contribution in [3.05, 3.63) is 162 Å². The lowest BCUT2D eigenvalue weighted by atomic mass is 9.92. The van der Waals surface area contributed by atoms with E-state index in [1.54, 1.807) is 26.5 Å². The monoisotopic (exact) mass is 960 g/mol. The normalized spacial score (nSPS) is 19.3. The fraction of sp³-hybridized carbons (Fsp3) is 0.347. The number of hydrogen-bond donors (Lipinski definition) is 3. The smallest absolute Gasteiger partial charge is 0.274 e. The first-order valence-electron chi connectivity index (χ1n) is 22.2. The number of rotatable bonds is 9. The molecule has 3 N–H and O–H groups in total. The highest BCUT2D eigenvalue weighted by Gasteiger charge is 2.45. The Kier molecular flexibility index (Phi) is 13.2. The van der Waals surface area contributed by atoms with Crippen LogP contribution in [0.5, 0.6) is 11.5 Å². The van der Waals surface area contributed by atoms with Crippen molar-refractivity contribution in [1.29, 1.82) is 0 Å². The molecule has 20 heteroatoms. The van der Waals surface area contributed by atoms with Gasteiger partial charge >= 0.3 is 0 Å². The quantitative estimate of drug-likeness (QED) is 0.143. The molecular weight excluding hydrogens is 915 g/mol. The highest BCUT2D eigenvalue weighted by Crippen LogP contribution is 2.38. The molecule has 362 valence electrons. The summed E-state index contributed by atoms with van der Waals surface area (Å²) in [7, 11) is 0. The van der Waals surface area contributed by atoms with Crippen LogP contribution in [0.25, 0.3) is 0 Å². The SMILES string of the molecule is CC12CCCCN(C1)C(=O)c1c(O)c(=O)c(C(=O)NCc3c(F)cc(F)cc3F)cn12.CC12CCCCN(C1)C(=O)c1c(OCc3ccccc3)c(=O)c(C(=O)NCc3c(F)cc(F)cc3F)cn12. The summed E-state index contributed by atoms with van der Waals surface area (Å²) in [6, 6.07) is 11.0. The number of benzene rings is 3. The van der Waals surface area contributed by atoms with Gasteiger partial charge < -0.3 is 39.4 Å². The van der Waals surface area contributed by atoms with Crippen LogP contribution in [0, 0.1) is 34.9 Å². The minimum absolute atomic E-state index is 0.00977. The molecule has 4 aliphatic heterocycles. The second kappa shape index (κ2) is 19.0. The Bertz CT molecular complexity index is 2990. The van der Waals surface area contributed by atoms with Gasteiger partial charge in [-0.1, -0.05) is 30.3 Å². The fourth-order valence-electron chi connectivity index (χ4n) is 9.44. The zero-order valence-corrected chi connectivity index (χ0v) is 37.4. The van der Waals surface area contributed by atoms with E-state index in [1.807, 2.05) is 32.0 Å². The van der Waals surface area contributed by atoms with Crippen molar-refractivity contribution in [2.75, 3.05) is 26.2 Å². The van der Waals surface area contributed by atoms with Crippen LogP contribution >= 0.6 is 0 Å². The molecule has 4 bridgehead atoms. The lowest BCUT2D eigenvalue weighted by Gasteiger charge is -2.42. The number of amides is 4. The molecule has 2 saturated heterocycles. The Hall–Kier alpha value is -7.38. The Morgan fingerprint density at radius 2 is 1.07 bits per heavy atom. The predicted octanol–water partition coefficient (Wildman–Crippen LogP) is 6.39. The molecular formula is C49H46F6N6O8. The molecule has 2 unspecified atom stereocenters. The van der Waals surface area contributed by atoms with Crippen LogP contribution in [-0.4, -0.2) is 73.8 Å². The van der Waals surface area contributed by atoms with Gasteiger partial charge in [0.25, 0.3) is 23.6 Å². The lowest BCUT2D eigenvalue weighted by Crippen LogP contribution is -2.52. The molecule has 5 aromatic rings. The molecule has 9 rings (SSSR count). The van der Waals surface area contributed by atoms with Crippen molar-refractivity contribution in [2.45, 2.75) is 83.1 Å². The minimum Gasteiger partial charge on any atom is -0.503 e. The molecule has 2 aromatic heterocycles. The summed E-state index contributed by atoms with van der Waals surface area (Å²) in [5.74, 6) is -10.7. The molecule has 2 fully saturated rings. The Morgan fingerprint density at radius 1 is 0.638 bits per heavy atom. The molecule has 0 spiro atoms. The number of aromatic nitrogens is 2. The van der Waals surface area contributed by atoms with Crippen LogP contribution in [0.4, 0.5) is 26.3 Å². The van der Waals surface area contributed by atoms with Gasteiger partial charge in [0.2, 0.25) is 10.9 Å². The molecule has 0 aliphatic carbocycles. The van der Waals surface area contributed by atoms with Gasteiger partial charge in [-0.3, -0.25) is 28.8 Å². The minimum atomic E-state index is -1.18. The van der Waals surface area contributed by atoms with Crippen LogP contribution in [0.1, 0.15) is 111 Å². The van der Waals surface area contributed by atoms with E-state index in [-0.39, 0.29) is 35.2 Å². The maximum atomic E-state index is 14.1. The van der Waals surface area contributed by atoms with Gasteiger partial charge in [-0.2, -0.15) is 0 Å². The standard InChI is InChI=1S/C28H26F3N3O4.C21H20F3N3O4/c1-28-9-5-6-10-33(16-28)27(37)23-25(38-15-17-7-3-2-4-8-17)24(35)20(14-34(23)28)26(36)32-13-19-21(30)11-18(29)12-22(19)31;1-21-4-2-3-5-26(10-21)20(31)16-18(29)17(28)13(9-27(16)21)19(30)25-8-12-14(23)6-11(22)7-15(12)24/h2-4,7-8,11-12,14H,5-6,9-10,13,15-16H2,1H3,(H,32,36);6-7,9,29H,2-5,8,10H2,1H3,(H,25,30). The number of carbonyl (C=O) groups excluding carboxylic acids is 4. The van der Waals surface area contributed by atoms with Crippen LogP contribution in [0.2, 0.25) is 0 Å². The van der Waals surface area contributed by atoms with E-state index >= 15 is 0 Å². The van der Waals surface area contributed by atoms with Gasteiger partial charge in [0.1, 0.15) is 52.6 Å². The summed E-state index contributed by atoms with van der Waals surface area (Å²) in [6.07, 6.45) is 7.17. The summed E-state index contributed by atoms with van der Waals surface area (Å²) in [4.78, 5) is 81.6. The number of nitrogens with one attached hydrogen (secondary N) is 2. The first kappa shape index (κ1) is 48.1. The number of carbonyl (C=O) groups is 4. The predicted molar refractivity (Wildman–Crippen MR) is 236 cm³/mol. The summed E-state index contributed by atoms with van der Waals surface area (Å²) in [5.41, 5.74) is -4.32. The lowest BCUT2D eigenvalue weighted by molar-refractivity contribution is 0.0585. The highest BCUT2D eigenvalue weighted by atomic mass is 19.2. The van der Waals surface area contributed by atoms with E-state index in [1.165, 1.54) is 17.0 Å². The van der Waals surface area contributed by atoms with E-state index in [4.69, 9.17) is 4.74 Å². The number of fused-ring (bicyclic) bond motifs is 8. The highest BCUT2D eigenvalue weighted by molar-refractivity contribution is 6.00. The number of hydrogen-bond acceptors (Lipinski definition) is 8. The van der Waals surface area contributed by atoms with E-state index in [0.717, 1.165) is 31.2 Å². The van der Waals surface area contributed by atoms with Crippen molar-refractivity contribution < 1.29 is 55.4 Å². The Balaban J connectivity index is 0.000000190. The fourth-order valence-corrected chi connectivity index (χ4v) is 9.44. The van der Waals surface area contributed by atoms with Crippen molar-refractivity contribution in [2.24, 2.45) is 0 Å². The van der Waals surface area contributed by atoms with Gasteiger partial charge in [-0.25, -0.2) is 26.3 Å². The maximum absolute atomic E-state index is 14.1. The van der Waals surface area contributed by atoms with E-state index in [2.05, 4.69) is 10.6 Å². The average Bonchev–Trinajstić information content (AvgIpc) is 3.60. The van der Waals surface area contributed by atoms with Gasteiger partial charge in [-0.05, 0) is 57.9 Å². The number of aromatic hydroxyl groups is 1. The molecule has 3 aromatic carbocycles. The van der Waals surface area contributed by atoms with Gasteiger partial charge in [0.05, 0.1) is 11.1 Å². The van der Waals surface area contributed by atoms with Crippen LogP contribution in [-0.2, 0) is 30.8 Å². The van der Waals surface area contributed by atoms with Gasteiger partial charge in [0, 0.05) is 87.1 Å². The van der Waals surface area contributed by atoms with E-state index < -0.39 is 110 Å². The summed E-state index contributed by atoms with van der Waals surface area (Å²) in [5, 5.41) is 15.1. The van der Waals surface area contributed by atoms with Crippen molar-refractivity contribution >= 4 is 23.6 Å². The molecule has 14 nitrogen and oxygen atoms in total. The number of halogens is 6. The van der Waals surface area contributed by atoms with Gasteiger partial charge in [-0.15, -0.1) is 0 Å². The van der Waals surface area contributed by atoms with Crippen LogP contribution in [0.15, 0.2) is 76.6 Å². The second-order valence-electron chi connectivity index (χ2n) is 18.1. The Morgan fingerprint density at radius 3 is 1.55 bits per heavy atom. The first-order valence-corrected chi connectivity index (χ1v) is 22.2. The second-order valence-corrected chi connectivity index (χ2v) is 18.1. The van der Waals surface area contributed by atoms with E-state index in [0.29, 0.717) is 63.3 Å². The van der Waals surface area contributed by atoms with Crippen molar-refractivity contribution in [1.82, 2.24) is 29.6 Å². The summed E-state index contributed by atoms with van der Waals surface area (Å²) < 4.78 is 91.2. The largest absolute Gasteiger partial charge is 0.503 e.